The predicted molar refractivity (Wildman–Crippen MR) is 47.6 cm³/mol. The van der Waals surface area contributed by atoms with E-state index in [0.29, 0.717) is 13.1 Å². The molecular weight excluding hydrogens is 186 g/mol. The molecule has 1 aliphatic heterocycles. The number of rotatable bonds is 3. The van der Waals surface area contributed by atoms with Gasteiger partial charge in [0.05, 0.1) is 0 Å². The zero-order valence-corrected chi connectivity index (χ0v) is 8.02. The Bertz CT molecular complexity index is 274. The van der Waals surface area contributed by atoms with Crippen LogP contribution >= 0.6 is 0 Å². The number of amides is 1. The van der Waals surface area contributed by atoms with E-state index < -0.39 is 23.6 Å². The van der Waals surface area contributed by atoms with Crippen molar-refractivity contribution in [1.29, 1.82) is 0 Å². The van der Waals surface area contributed by atoms with Gasteiger partial charge in [0.1, 0.15) is 0 Å². The Morgan fingerprint density at radius 3 is 2.71 bits per heavy atom. The summed E-state index contributed by atoms with van der Waals surface area (Å²) in [6.07, 6.45) is 0.926. The Hall–Kier alpha value is -1.39. The van der Waals surface area contributed by atoms with Crippen LogP contribution in [0.5, 0.6) is 0 Å². The van der Waals surface area contributed by atoms with E-state index in [1.54, 1.807) is 0 Å². The molecule has 0 spiro atoms. The smallest absolute Gasteiger partial charge is 0.323 e. The number of carbonyl (C=O) groups is 3. The second-order valence-corrected chi connectivity index (χ2v) is 3.31. The Labute approximate surface area is 81.7 Å². The molecule has 0 aliphatic carbocycles. The van der Waals surface area contributed by atoms with Crippen LogP contribution in [-0.4, -0.2) is 40.8 Å². The number of Topliss-reactive ketones (excluding diaryl/α,β-unsaturated/α-hetero) is 1. The minimum absolute atomic E-state index is 0.155. The van der Waals surface area contributed by atoms with Gasteiger partial charge in [-0.2, -0.15) is 0 Å². The van der Waals surface area contributed by atoms with Crippen LogP contribution in [0.1, 0.15) is 19.8 Å². The van der Waals surface area contributed by atoms with Crippen LogP contribution in [-0.2, 0) is 14.4 Å². The fourth-order valence-electron chi connectivity index (χ4n) is 1.56. The summed E-state index contributed by atoms with van der Waals surface area (Å²) in [5.41, 5.74) is 0. The van der Waals surface area contributed by atoms with Gasteiger partial charge in [0.25, 0.3) is 0 Å². The fourth-order valence-corrected chi connectivity index (χ4v) is 1.56. The highest BCUT2D eigenvalue weighted by molar-refractivity contribution is 6.17. The van der Waals surface area contributed by atoms with E-state index in [2.05, 4.69) is 0 Å². The molecule has 5 heteroatoms. The molecule has 0 bridgehead atoms. The number of ketones is 1. The Morgan fingerprint density at radius 2 is 2.21 bits per heavy atom. The maximum absolute atomic E-state index is 11.5. The van der Waals surface area contributed by atoms with Crippen LogP contribution in [0.3, 0.4) is 0 Å². The summed E-state index contributed by atoms with van der Waals surface area (Å²) in [5, 5.41) is 8.70. The number of nitrogens with zero attached hydrogens (tertiary/aromatic N) is 1. The van der Waals surface area contributed by atoms with Gasteiger partial charge in [-0.3, -0.25) is 14.4 Å². The molecule has 1 unspecified atom stereocenters. The lowest BCUT2D eigenvalue weighted by atomic mass is 9.95. The van der Waals surface area contributed by atoms with Gasteiger partial charge in [-0.25, -0.2) is 0 Å². The average Bonchev–Trinajstić information content (AvgIpc) is 2.10. The van der Waals surface area contributed by atoms with Crippen LogP contribution in [0.25, 0.3) is 0 Å². The molecule has 1 atom stereocenters. The Kier molecular flexibility index (Phi) is 3.22. The first kappa shape index (κ1) is 10.7. The molecule has 0 aromatic rings. The van der Waals surface area contributed by atoms with Crippen LogP contribution < -0.4 is 0 Å². The van der Waals surface area contributed by atoms with E-state index in [0.717, 1.165) is 6.42 Å². The summed E-state index contributed by atoms with van der Waals surface area (Å²) in [6, 6.07) is 0. The first-order valence-corrected chi connectivity index (χ1v) is 4.62. The van der Waals surface area contributed by atoms with E-state index in [9.17, 15) is 14.4 Å². The second kappa shape index (κ2) is 4.21. The number of carboxylic acid groups (broad SMARTS) is 1. The molecule has 1 saturated heterocycles. The lowest BCUT2D eigenvalue weighted by Crippen LogP contribution is -2.49. The molecule has 0 aromatic carbocycles. The summed E-state index contributed by atoms with van der Waals surface area (Å²) >= 11 is 0. The van der Waals surface area contributed by atoms with Crippen molar-refractivity contribution >= 4 is 17.7 Å². The number of carbonyl (C=O) groups excluding carboxylic acids is 2. The summed E-state index contributed by atoms with van der Waals surface area (Å²) < 4.78 is 0. The van der Waals surface area contributed by atoms with Crippen molar-refractivity contribution < 1.29 is 19.5 Å². The fraction of sp³-hybridized carbons (Fsp3) is 0.667. The molecule has 5 nitrogen and oxygen atoms in total. The van der Waals surface area contributed by atoms with E-state index in [-0.39, 0.29) is 6.42 Å². The molecule has 1 fully saturated rings. The molecule has 0 aromatic heterocycles. The highest BCUT2D eigenvalue weighted by atomic mass is 16.4. The van der Waals surface area contributed by atoms with Gasteiger partial charge in [0, 0.05) is 19.5 Å². The molecule has 0 radical (unpaired) electrons. The van der Waals surface area contributed by atoms with E-state index in [1.807, 2.05) is 6.92 Å². The molecule has 14 heavy (non-hydrogen) atoms. The predicted octanol–water partition coefficient (Wildman–Crippen LogP) is -0.101. The highest BCUT2D eigenvalue weighted by Crippen LogP contribution is 2.15. The summed E-state index contributed by atoms with van der Waals surface area (Å²) in [6.45, 7) is 2.78. The van der Waals surface area contributed by atoms with Crippen LogP contribution in [0, 0.1) is 5.92 Å². The zero-order chi connectivity index (χ0) is 10.7. The maximum Gasteiger partial charge on any atom is 0.323 e. The molecule has 1 N–H and O–H groups in total. The number of hydrogen-bond acceptors (Lipinski definition) is 3. The van der Waals surface area contributed by atoms with E-state index in [4.69, 9.17) is 5.11 Å². The average molecular weight is 199 g/mol. The van der Waals surface area contributed by atoms with Gasteiger partial charge < -0.3 is 10.0 Å². The SMILES string of the molecule is CCCN1CCC(=O)C(C(=O)O)C1=O. The molecule has 0 saturated carbocycles. The number of likely N-dealkylation sites (tertiary alicyclic amines) is 1. The van der Waals surface area contributed by atoms with Gasteiger partial charge in [-0.1, -0.05) is 6.92 Å². The third-order valence-corrected chi connectivity index (χ3v) is 2.25. The highest BCUT2D eigenvalue weighted by Gasteiger charge is 2.40. The molecule has 1 heterocycles. The third kappa shape index (κ3) is 1.92. The van der Waals surface area contributed by atoms with Crippen LogP contribution in [0.2, 0.25) is 0 Å². The third-order valence-electron chi connectivity index (χ3n) is 2.25. The van der Waals surface area contributed by atoms with Gasteiger partial charge in [0.2, 0.25) is 5.91 Å². The zero-order valence-electron chi connectivity index (χ0n) is 8.02. The lowest BCUT2D eigenvalue weighted by molar-refractivity contribution is -0.157. The Morgan fingerprint density at radius 1 is 1.57 bits per heavy atom. The van der Waals surface area contributed by atoms with Crippen molar-refractivity contribution in [2.75, 3.05) is 13.1 Å². The first-order valence-electron chi connectivity index (χ1n) is 4.62. The second-order valence-electron chi connectivity index (χ2n) is 3.31. The molecule has 78 valence electrons. The lowest BCUT2D eigenvalue weighted by Gasteiger charge is -2.29. The van der Waals surface area contributed by atoms with Crippen LogP contribution in [0.4, 0.5) is 0 Å². The molecule has 1 amide bonds. The van der Waals surface area contributed by atoms with Crippen molar-refractivity contribution in [3.63, 3.8) is 0 Å². The summed E-state index contributed by atoms with van der Waals surface area (Å²) in [5.74, 6) is -3.83. The van der Waals surface area contributed by atoms with Crippen molar-refractivity contribution in [2.24, 2.45) is 5.92 Å². The first-order chi connectivity index (χ1) is 6.57. The van der Waals surface area contributed by atoms with Gasteiger partial charge in [-0.05, 0) is 6.42 Å². The number of aliphatic carboxylic acids is 1. The van der Waals surface area contributed by atoms with Crippen molar-refractivity contribution in [3.8, 4) is 0 Å². The van der Waals surface area contributed by atoms with Gasteiger partial charge >= 0.3 is 5.97 Å². The molecular formula is C9H13NO4. The summed E-state index contributed by atoms with van der Waals surface area (Å²) in [7, 11) is 0. The number of hydrogen-bond donors (Lipinski definition) is 1. The van der Waals surface area contributed by atoms with Crippen molar-refractivity contribution in [3.05, 3.63) is 0 Å². The van der Waals surface area contributed by atoms with Crippen molar-refractivity contribution in [2.45, 2.75) is 19.8 Å². The number of carboxylic acids is 1. The van der Waals surface area contributed by atoms with E-state index >= 15 is 0 Å². The van der Waals surface area contributed by atoms with Crippen LogP contribution in [0.15, 0.2) is 0 Å². The molecule has 1 aliphatic rings. The Balaban J connectivity index is 2.77. The minimum atomic E-state index is -1.46. The normalized spacial score (nSPS) is 22.6. The summed E-state index contributed by atoms with van der Waals surface area (Å²) in [4.78, 5) is 34.8. The molecule has 1 rings (SSSR count). The quantitative estimate of drug-likeness (QED) is 0.644. The van der Waals surface area contributed by atoms with Gasteiger partial charge in [0.15, 0.2) is 11.7 Å². The van der Waals surface area contributed by atoms with Crippen molar-refractivity contribution in [1.82, 2.24) is 4.90 Å². The largest absolute Gasteiger partial charge is 0.480 e. The minimum Gasteiger partial charge on any atom is -0.480 e. The topological polar surface area (TPSA) is 74.7 Å². The van der Waals surface area contributed by atoms with Gasteiger partial charge in [-0.15, -0.1) is 0 Å². The standard InChI is InChI=1S/C9H13NO4/c1-2-4-10-5-3-6(11)7(8(10)12)9(13)14/h7H,2-5H2,1H3,(H,13,14). The monoisotopic (exact) mass is 199 g/mol. The number of piperidine rings is 1. The maximum atomic E-state index is 11.5. The van der Waals surface area contributed by atoms with E-state index in [1.165, 1.54) is 4.90 Å².